The van der Waals surface area contributed by atoms with Crippen molar-refractivity contribution >= 4 is 70.9 Å². The molecule has 0 saturated carbocycles. The summed E-state index contributed by atoms with van der Waals surface area (Å²) in [6.07, 6.45) is 0.0819. The van der Waals surface area contributed by atoms with Gasteiger partial charge in [-0.1, -0.05) is 26.0 Å². The fourth-order valence-electron chi connectivity index (χ4n) is 9.09. The van der Waals surface area contributed by atoms with Crippen molar-refractivity contribution in [2.45, 2.75) is 158 Å². The molecule has 3 heterocycles. The maximum absolute atomic E-state index is 14.7. The minimum atomic E-state index is -1.70. The first-order valence-electron chi connectivity index (χ1n) is 24.3. The van der Waals surface area contributed by atoms with Crippen LogP contribution in [0.4, 0.5) is 0 Å². The second-order valence-corrected chi connectivity index (χ2v) is 20.0. The van der Waals surface area contributed by atoms with E-state index in [1.54, 1.807) is 37.7 Å². The predicted octanol–water partition coefficient (Wildman–Crippen LogP) is -2.82. The van der Waals surface area contributed by atoms with Crippen molar-refractivity contribution in [1.29, 1.82) is 0 Å². The molecule has 3 aliphatic rings. The Labute approximate surface area is 422 Å². The van der Waals surface area contributed by atoms with Gasteiger partial charge in [0.2, 0.25) is 53.2 Å². The number of hydrogen-bond acceptors (Lipinski definition) is 15. The number of aliphatic hydroxyl groups excluding tert-OH is 2. The Kier molecular flexibility index (Phi) is 22.0. The molecule has 13 N–H and O–H groups in total. The highest BCUT2D eigenvalue weighted by atomic mass is 32.2. The van der Waals surface area contributed by atoms with Gasteiger partial charge in [-0.2, -0.15) is 11.8 Å². The topological polar surface area (TPSA) is 374 Å². The summed E-state index contributed by atoms with van der Waals surface area (Å²) in [6.45, 7) is 6.11. The third-order valence-electron chi connectivity index (χ3n) is 13.1. The normalized spacial score (nSPS) is 21.1. The Hall–Kier alpha value is -6.05. The summed E-state index contributed by atoms with van der Waals surface area (Å²) in [6, 6.07) is -5.68. The molecule has 1 aromatic rings. The third kappa shape index (κ3) is 15.7. The lowest BCUT2D eigenvalue weighted by molar-refractivity contribution is -0.148. The number of aromatic hydroxyl groups is 1. The van der Waals surface area contributed by atoms with E-state index < -0.39 is 132 Å². The number of primary amides is 1. The van der Waals surface area contributed by atoms with E-state index in [4.69, 9.17) is 11.5 Å². The fraction of sp³-hybridized carbons (Fsp3) is 0.660. The van der Waals surface area contributed by atoms with Crippen molar-refractivity contribution in [1.82, 2.24) is 41.3 Å². The molecule has 0 radical (unpaired) electrons. The van der Waals surface area contributed by atoms with Gasteiger partial charge in [0, 0.05) is 32.5 Å². The SMILES string of the molecule is CSCC[C@H](N)C(=O)N1CCC[C@H]1C(=O)N[C@H](C(=O)N[C@@H](Cc1ccc(O)cc1)C(=O)N1CCC[C@H]1C(=O)N[C@@H](CCC(N)=O)C(=O)N[C@H](C(=O)N1CCC[C@H]1C(=O)N[C@H](C(=O)O)[C@@H](C)O)[C@@H](C)O)C(C)C. The molecular formula is C47H72N10O14S. The zero-order valence-corrected chi connectivity index (χ0v) is 42.2. The van der Waals surface area contributed by atoms with E-state index in [-0.39, 0.29) is 50.4 Å². The highest BCUT2D eigenvalue weighted by Gasteiger charge is 2.44. The van der Waals surface area contributed by atoms with Crippen molar-refractivity contribution in [3.8, 4) is 5.75 Å². The van der Waals surface area contributed by atoms with E-state index in [2.05, 4.69) is 26.6 Å². The molecule has 9 amide bonds. The number of benzene rings is 1. The molecule has 72 heavy (non-hydrogen) atoms. The van der Waals surface area contributed by atoms with Gasteiger partial charge < -0.3 is 73.2 Å². The van der Waals surface area contributed by atoms with Crippen LogP contribution in [0.1, 0.15) is 91.0 Å². The molecule has 3 saturated heterocycles. The summed E-state index contributed by atoms with van der Waals surface area (Å²) in [5, 5.41) is 52.8. The maximum Gasteiger partial charge on any atom is 0.328 e. The molecule has 3 aliphatic heterocycles. The Bertz CT molecular complexity index is 2130. The average Bonchev–Trinajstić information content (AvgIpc) is 4.14. The molecule has 0 bridgehead atoms. The molecule has 0 unspecified atom stereocenters. The molecule has 400 valence electrons. The molecule has 1 aromatic carbocycles. The zero-order chi connectivity index (χ0) is 53.6. The second-order valence-electron chi connectivity index (χ2n) is 19.0. The number of likely N-dealkylation sites (tertiary alicyclic amines) is 3. The molecule has 0 aliphatic carbocycles. The van der Waals surface area contributed by atoms with Crippen LogP contribution in [-0.4, -0.2) is 192 Å². The van der Waals surface area contributed by atoms with Crippen molar-refractivity contribution in [3.63, 3.8) is 0 Å². The van der Waals surface area contributed by atoms with Crippen LogP contribution in [-0.2, 0) is 54.4 Å². The van der Waals surface area contributed by atoms with E-state index in [1.165, 1.54) is 28.9 Å². The number of amides is 9. The van der Waals surface area contributed by atoms with Gasteiger partial charge in [-0.05, 0) is 101 Å². The van der Waals surface area contributed by atoms with Crippen LogP contribution in [0.3, 0.4) is 0 Å². The average molecular weight is 1030 g/mol. The number of aliphatic hydroxyl groups is 2. The van der Waals surface area contributed by atoms with Gasteiger partial charge in [-0.25, -0.2) is 4.79 Å². The minimum Gasteiger partial charge on any atom is -0.508 e. The quantitative estimate of drug-likeness (QED) is 0.0471. The van der Waals surface area contributed by atoms with Gasteiger partial charge in [-0.15, -0.1) is 0 Å². The van der Waals surface area contributed by atoms with E-state index >= 15 is 0 Å². The van der Waals surface area contributed by atoms with Crippen molar-refractivity contribution in [2.24, 2.45) is 17.4 Å². The third-order valence-corrected chi connectivity index (χ3v) is 13.8. The number of nitrogens with two attached hydrogens (primary N) is 2. The van der Waals surface area contributed by atoms with Gasteiger partial charge in [0.05, 0.1) is 18.2 Å². The fourth-order valence-corrected chi connectivity index (χ4v) is 9.58. The molecule has 11 atom stereocenters. The van der Waals surface area contributed by atoms with E-state index in [9.17, 15) is 68.4 Å². The van der Waals surface area contributed by atoms with Crippen LogP contribution in [0.5, 0.6) is 5.75 Å². The predicted molar refractivity (Wildman–Crippen MR) is 261 cm³/mol. The Morgan fingerprint density at radius 1 is 0.639 bits per heavy atom. The van der Waals surface area contributed by atoms with Crippen LogP contribution < -0.4 is 38.1 Å². The summed E-state index contributed by atoms with van der Waals surface area (Å²) < 4.78 is 0. The molecule has 0 spiro atoms. The van der Waals surface area contributed by atoms with Crippen molar-refractivity contribution in [3.05, 3.63) is 29.8 Å². The number of phenolic OH excluding ortho intramolecular Hbond substituents is 1. The Balaban J connectivity index is 1.54. The Morgan fingerprint density at radius 3 is 1.60 bits per heavy atom. The smallest absolute Gasteiger partial charge is 0.328 e. The lowest BCUT2D eigenvalue weighted by atomic mass is 9.99. The van der Waals surface area contributed by atoms with E-state index in [0.29, 0.717) is 50.0 Å². The van der Waals surface area contributed by atoms with E-state index in [0.717, 1.165) is 11.8 Å². The monoisotopic (exact) mass is 1030 g/mol. The molecule has 4 rings (SSSR count). The van der Waals surface area contributed by atoms with Crippen LogP contribution in [0.2, 0.25) is 0 Å². The van der Waals surface area contributed by atoms with Gasteiger partial charge in [0.1, 0.15) is 48.0 Å². The summed E-state index contributed by atoms with van der Waals surface area (Å²) in [5.41, 5.74) is 12.1. The first kappa shape index (κ1) is 58.5. The van der Waals surface area contributed by atoms with Crippen LogP contribution >= 0.6 is 11.8 Å². The number of carboxylic acids is 1. The number of thioether (sulfide) groups is 1. The highest BCUT2D eigenvalue weighted by Crippen LogP contribution is 2.24. The number of nitrogens with zero attached hydrogens (tertiary/aromatic N) is 3. The summed E-state index contributed by atoms with van der Waals surface area (Å²) in [4.78, 5) is 139. The lowest BCUT2D eigenvalue weighted by Crippen LogP contribution is -2.62. The number of carbonyl (C=O) groups is 10. The van der Waals surface area contributed by atoms with Crippen LogP contribution in [0.25, 0.3) is 0 Å². The molecule has 24 nitrogen and oxygen atoms in total. The standard InChI is InChI=1S/C47H72N10O14S/c1-24(2)36(52-41(64)33-10-6-19-55(33)44(67)29(48)18-22-72-5)43(66)51-31(23-27-12-14-28(60)15-13-27)45(68)56-20-7-9-32(56)40(63)50-30(16-17-35(49)61)39(62)53-37(25(3)58)46(69)57-21-8-11-34(57)42(65)54-38(26(4)59)47(70)71/h12-15,24-26,29-34,36-38,58-60H,6-11,16-23,48H2,1-5H3,(H2,49,61)(H,50,63)(H,51,66)(H,52,64)(H,53,62)(H,54,65)(H,70,71)/t25-,26-,29+,30+,31+,32+,33+,34+,36+,37+,38+/m1/s1. The van der Waals surface area contributed by atoms with Gasteiger partial charge in [0.15, 0.2) is 6.04 Å². The van der Waals surface area contributed by atoms with Gasteiger partial charge in [0.25, 0.3) is 0 Å². The molecule has 3 fully saturated rings. The first-order chi connectivity index (χ1) is 34.0. The molecular weight excluding hydrogens is 961 g/mol. The number of nitrogens with one attached hydrogen (secondary N) is 5. The van der Waals surface area contributed by atoms with E-state index in [1.807, 2.05) is 6.26 Å². The van der Waals surface area contributed by atoms with Gasteiger partial charge >= 0.3 is 5.97 Å². The number of rotatable bonds is 25. The number of hydrogen-bond donors (Lipinski definition) is 11. The lowest BCUT2D eigenvalue weighted by Gasteiger charge is -2.33. The maximum atomic E-state index is 14.7. The second kappa shape index (κ2) is 27.1. The Morgan fingerprint density at radius 2 is 1.12 bits per heavy atom. The molecule has 25 heteroatoms. The minimum absolute atomic E-state index is 0.00750. The first-order valence-corrected chi connectivity index (χ1v) is 25.7. The number of aliphatic carboxylic acids is 1. The van der Waals surface area contributed by atoms with Crippen LogP contribution in [0.15, 0.2) is 24.3 Å². The summed E-state index contributed by atoms with van der Waals surface area (Å²) in [7, 11) is 0. The summed E-state index contributed by atoms with van der Waals surface area (Å²) >= 11 is 1.54. The van der Waals surface area contributed by atoms with Gasteiger partial charge in [-0.3, -0.25) is 43.2 Å². The number of carboxylic acid groups (broad SMARTS) is 1. The summed E-state index contributed by atoms with van der Waals surface area (Å²) in [5.74, 6) is -8.25. The number of carbonyl (C=O) groups excluding carboxylic acids is 9. The largest absolute Gasteiger partial charge is 0.508 e. The zero-order valence-electron chi connectivity index (χ0n) is 41.4. The molecule has 0 aromatic heterocycles. The van der Waals surface area contributed by atoms with Crippen molar-refractivity contribution < 1.29 is 68.4 Å². The number of phenols is 1. The van der Waals surface area contributed by atoms with Crippen LogP contribution in [0, 0.1) is 5.92 Å². The highest BCUT2D eigenvalue weighted by molar-refractivity contribution is 7.98. The van der Waals surface area contributed by atoms with Crippen molar-refractivity contribution in [2.75, 3.05) is 31.6 Å².